The first-order valence-electron chi connectivity index (χ1n) is 8.30. The van der Waals surface area contributed by atoms with Gasteiger partial charge in [0, 0.05) is 25.7 Å². The van der Waals surface area contributed by atoms with Crippen LogP contribution in [0.2, 0.25) is 0 Å². The monoisotopic (exact) mass is 391 g/mol. The van der Waals surface area contributed by atoms with Gasteiger partial charge in [0.25, 0.3) is 5.69 Å². The van der Waals surface area contributed by atoms with Crippen molar-refractivity contribution in [1.82, 2.24) is 9.62 Å². The van der Waals surface area contributed by atoms with Gasteiger partial charge in [-0.05, 0) is 24.3 Å². The van der Waals surface area contributed by atoms with Gasteiger partial charge in [-0.2, -0.15) is 4.31 Å². The molecule has 0 spiro atoms. The van der Waals surface area contributed by atoms with Gasteiger partial charge in [0.15, 0.2) is 0 Å². The SMILES string of the molecule is O=[N+]([O-])c1cccc(F)c1/C=C/C1CNCCN1S(=O)(=O)c1ccccc1. The number of nitro benzene ring substituents is 1. The summed E-state index contributed by atoms with van der Waals surface area (Å²) >= 11 is 0. The molecule has 1 N–H and O–H groups in total. The minimum absolute atomic E-state index is 0.169. The van der Waals surface area contributed by atoms with E-state index in [9.17, 15) is 22.9 Å². The van der Waals surface area contributed by atoms with Crippen LogP contribution in [0.3, 0.4) is 0 Å². The van der Waals surface area contributed by atoms with E-state index in [0.717, 1.165) is 6.07 Å². The van der Waals surface area contributed by atoms with Gasteiger partial charge in [0.1, 0.15) is 5.82 Å². The molecule has 142 valence electrons. The fourth-order valence-corrected chi connectivity index (χ4v) is 4.56. The van der Waals surface area contributed by atoms with Crippen LogP contribution in [-0.4, -0.2) is 43.3 Å². The lowest BCUT2D eigenvalue weighted by Crippen LogP contribution is -2.52. The maximum Gasteiger partial charge on any atom is 0.279 e. The van der Waals surface area contributed by atoms with E-state index in [0.29, 0.717) is 13.1 Å². The average molecular weight is 391 g/mol. The number of hydrogen-bond donors (Lipinski definition) is 1. The fourth-order valence-electron chi connectivity index (χ4n) is 2.95. The Balaban J connectivity index is 1.94. The number of nitrogens with zero attached hydrogens (tertiary/aromatic N) is 2. The van der Waals surface area contributed by atoms with Crippen LogP contribution in [0.1, 0.15) is 5.56 Å². The lowest BCUT2D eigenvalue weighted by atomic mass is 10.1. The normalized spacial score (nSPS) is 18.6. The number of piperazine rings is 1. The van der Waals surface area contributed by atoms with Crippen LogP contribution in [0.25, 0.3) is 6.08 Å². The van der Waals surface area contributed by atoms with Gasteiger partial charge < -0.3 is 5.32 Å². The molecule has 0 aliphatic carbocycles. The lowest BCUT2D eigenvalue weighted by Gasteiger charge is -2.33. The summed E-state index contributed by atoms with van der Waals surface area (Å²) in [4.78, 5) is 10.6. The van der Waals surface area contributed by atoms with E-state index in [1.54, 1.807) is 18.2 Å². The molecule has 0 bridgehead atoms. The minimum atomic E-state index is -3.74. The van der Waals surface area contributed by atoms with Crippen molar-refractivity contribution in [1.29, 1.82) is 0 Å². The highest BCUT2D eigenvalue weighted by Crippen LogP contribution is 2.25. The molecule has 0 aromatic heterocycles. The number of halogens is 1. The Morgan fingerprint density at radius 2 is 1.93 bits per heavy atom. The fraction of sp³-hybridized carbons (Fsp3) is 0.222. The van der Waals surface area contributed by atoms with E-state index in [4.69, 9.17) is 0 Å². The second-order valence-electron chi connectivity index (χ2n) is 5.99. The lowest BCUT2D eigenvalue weighted by molar-refractivity contribution is -0.385. The topological polar surface area (TPSA) is 92.6 Å². The van der Waals surface area contributed by atoms with Crippen molar-refractivity contribution in [2.45, 2.75) is 10.9 Å². The molecule has 1 aliphatic rings. The molecule has 1 fully saturated rings. The Bertz CT molecular complexity index is 964. The second kappa shape index (κ2) is 7.95. The molecule has 9 heteroatoms. The summed E-state index contributed by atoms with van der Waals surface area (Å²) in [5.41, 5.74) is -0.544. The number of sulfonamides is 1. The molecular formula is C18H18FN3O4S. The molecule has 27 heavy (non-hydrogen) atoms. The molecule has 3 rings (SSSR count). The van der Waals surface area contributed by atoms with Gasteiger partial charge in [0.2, 0.25) is 10.0 Å². The Labute approximate surface area is 156 Å². The first kappa shape index (κ1) is 19.2. The molecule has 0 saturated carbocycles. The number of benzene rings is 2. The van der Waals surface area contributed by atoms with Crippen LogP contribution in [0.5, 0.6) is 0 Å². The predicted octanol–water partition coefficient (Wildman–Crippen LogP) is 2.41. The molecule has 2 aromatic rings. The van der Waals surface area contributed by atoms with Crippen LogP contribution >= 0.6 is 0 Å². The number of hydrogen-bond acceptors (Lipinski definition) is 5. The molecule has 0 amide bonds. The highest BCUT2D eigenvalue weighted by molar-refractivity contribution is 7.89. The quantitative estimate of drug-likeness (QED) is 0.624. The first-order valence-corrected chi connectivity index (χ1v) is 9.74. The molecule has 2 aromatic carbocycles. The van der Waals surface area contributed by atoms with Crippen LogP contribution in [0.15, 0.2) is 59.5 Å². The van der Waals surface area contributed by atoms with Crippen molar-refractivity contribution >= 4 is 21.8 Å². The van der Waals surface area contributed by atoms with Gasteiger partial charge in [-0.25, -0.2) is 12.8 Å². The smallest absolute Gasteiger partial charge is 0.279 e. The van der Waals surface area contributed by atoms with Gasteiger partial charge in [-0.15, -0.1) is 0 Å². The van der Waals surface area contributed by atoms with E-state index in [1.165, 1.54) is 40.7 Å². The summed E-state index contributed by atoms with van der Waals surface area (Å²) in [5, 5.41) is 14.2. The van der Waals surface area contributed by atoms with Crippen molar-refractivity contribution < 1.29 is 17.7 Å². The predicted molar refractivity (Wildman–Crippen MR) is 99.1 cm³/mol. The van der Waals surface area contributed by atoms with Crippen LogP contribution in [0.4, 0.5) is 10.1 Å². The summed E-state index contributed by atoms with van der Waals surface area (Å²) in [6.45, 7) is 1.05. The third kappa shape index (κ3) is 4.05. The molecule has 1 saturated heterocycles. The maximum atomic E-state index is 14.1. The van der Waals surface area contributed by atoms with Crippen molar-refractivity contribution in [3.05, 3.63) is 76.1 Å². The number of rotatable bonds is 5. The molecule has 0 radical (unpaired) electrons. The molecule has 1 unspecified atom stereocenters. The standard InChI is InChI=1S/C18H18FN3O4S/c19-17-7-4-8-18(22(23)24)16(17)10-9-14-13-20-11-12-21(14)27(25,26)15-5-2-1-3-6-15/h1-10,14,20H,11-13H2/b10-9+. The number of nitrogens with one attached hydrogen (secondary N) is 1. The van der Waals surface area contributed by atoms with E-state index >= 15 is 0 Å². The van der Waals surface area contributed by atoms with Gasteiger partial charge in [-0.3, -0.25) is 10.1 Å². The molecule has 1 atom stereocenters. The Morgan fingerprint density at radius 3 is 2.63 bits per heavy atom. The average Bonchev–Trinajstić information content (AvgIpc) is 2.67. The largest absolute Gasteiger partial charge is 0.314 e. The number of nitro groups is 1. The van der Waals surface area contributed by atoms with Crippen LogP contribution in [0, 0.1) is 15.9 Å². The molecule has 1 aliphatic heterocycles. The van der Waals surface area contributed by atoms with Gasteiger partial charge in [-0.1, -0.05) is 30.3 Å². The molecular weight excluding hydrogens is 373 g/mol. The summed E-state index contributed by atoms with van der Waals surface area (Å²) in [6, 6.07) is 11.0. The van der Waals surface area contributed by atoms with E-state index in [-0.39, 0.29) is 22.7 Å². The Kier molecular flexibility index (Phi) is 5.64. The first-order chi connectivity index (χ1) is 12.9. The van der Waals surface area contributed by atoms with Crippen molar-refractivity contribution in [3.63, 3.8) is 0 Å². The Morgan fingerprint density at radius 1 is 1.19 bits per heavy atom. The van der Waals surface area contributed by atoms with Crippen molar-refractivity contribution in [3.8, 4) is 0 Å². The second-order valence-corrected chi connectivity index (χ2v) is 7.88. The summed E-state index contributed by atoms with van der Waals surface area (Å²) < 4.78 is 41.2. The van der Waals surface area contributed by atoms with Crippen LogP contribution < -0.4 is 5.32 Å². The molecule has 7 nitrogen and oxygen atoms in total. The third-order valence-corrected chi connectivity index (χ3v) is 6.23. The van der Waals surface area contributed by atoms with Crippen LogP contribution in [-0.2, 0) is 10.0 Å². The highest BCUT2D eigenvalue weighted by Gasteiger charge is 2.32. The van der Waals surface area contributed by atoms with Crippen molar-refractivity contribution in [2.24, 2.45) is 0 Å². The maximum absolute atomic E-state index is 14.1. The summed E-state index contributed by atoms with van der Waals surface area (Å²) in [5.74, 6) is -0.735. The van der Waals surface area contributed by atoms with Gasteiger partial charge >= 0.3 is 0 Å². The minimum Gasteiger partial charge on any atom is -0.314 e. The third-order valence-electron chi connectivity index (χ3n) is 4.29. The molecule has 1 heterocycles. The van der Waals surface area contributed by atoms with E-state index < -0.39 is 26.8 Å². The zero-order chi connectivity index (χ0) is 19.4. The van der Waals surface area contributed by atoms with E-state index in [2.05, 4.69) is 5.32 Å². The summed E-state index contributed by atoms with van der Waals surface area (Å²) in [7, 11) is -3.74. The summed E-state index contributed by atoms with van der Waals surface area (Å²) in [6.07, 6.45) is 2.76. The highest BCUT2D eigenvalue weighted by atomic mass is 32.2. The van der Waals surface area contributed by atoms with Gasteiger partial charge in [0.05, 0.1) is 21.4 Å². The zero-order valence-corrected chi connectivity index (χ0v) is 15.1. The van der Waals surface area contributed by atoms with Crippen molar-refractivity contribution in [2.75, 3.05) is 19.6 Å². The zero-order valence-electron chi connectivity index (χ0n) is 14.3. The Hall–Kier alpha value is -2.62. The van der Waals surface area contributed by atoms with E-state index in [1.807, 2.05) is 0 Å².